The van der Waals surface area contributed by atoms with E-state index in [4.69, 9.17) is 5.73 Å². The van der Waals surface area contributed by atoms with Gasteiger partial charge in [-0.2, -0.15) is 0 Å². The van der Waals surface area contributed by atoms with E-state index in [0.717, 1.165) is 18.4 Å². The van der Waals surface area contributed by atoms with E-state index in [-0.39, 0.29) is 5.92 Å². The molecule has 0 aliphatic heterocycles. The monoisotopic (exact) mass is 352 g/mol. The van der Waals surface area contributed by atoms with E-state index >= 15 is 0 Å². The van der Waals surface area contributed by atoms with E-state index in [9.17, 15) is 4.79 Å². The van der Waals surface area contributed by atoms with Crippen LogP contribution in [0.3, 0.4) is 0 Å². The molecule has 2 aromatic carbocycles. The molecule has 0 bridgehead atoms. The molecule has 0 aliphatic carbocycles. The van der Waals surface area contributed by atoms with Crippen LogP contribution in [0.25, 0.3) is 11.1 Å². The van der Waals surface area contributed by atoms with E-state index in [0.29, 0.717) is 18.9 Å². The average molecular weight is 353 g/mol. The summed E-state index contributed by atoms with van der Waals surface area (Å²) < 4.78 is 0. The highest BCUT2D eigenvalue weighted by Gasteiger charge is 2.18. The summed E-state index contributed by atoms with van der Waals surface area (Å²) in [5, 5.41) is 0. The molecule has 0 spiro atoms. The van der Waals surface area contributed by atoms with Gasteiger partial charge in [-0.1, -0.05) is 57.2 Å². The highest BCUT2D eigenvalue weighted by atomic mass is 16.1. The molecule has 0 saturated carbocycles. The molecule has 0 fully saturated rings. The largest absolute Gasteiger partial charge is 0.330 e. The van der Waals surface area contributed by atoms with Gasteiger partial charge in [0.05, 0.1) is 0 Å². The first kappa shape index (κ1) is 20.3. The first-order chi connectivity index (χ1) is 12.4. The fraction of sp³-hybridized carbons (Fsp3) is 0.435. The van der Waals surface area contributed by atoms with Crippen LogP contribution in [-0.2, 0) is 17.8 Å². The van der Waals surface area contributed by atoms with Crippen molar-refractivity contribution in [1.29, 1.82) is 0 Å². The topological polar surface area (TPSA) is 46.3 Å². The Balaban J connectivity index is 2.71. The molecule has 1 atom stereocenters. The lowest BCUT2D eigenvalue weighted by atomic mass is 9.83. The van der Waals surface area contributed by atoms with Gasteiger partial charge in [-0.05, 0) is 65.9 Å². The summed E-state index contributed by atoms with van der Waals surface area (Å²) in [6, 6.07) is 13.1. The number of aldehydes is 1. The molecule has 2 N–H and O–H groups in total. The smallest absolute Gasteiger partial charge is 0.124 e. The highest BCUT2D eigenvalue weighted by molar-refractivity contribution is 5.71. The Morgan fingerprint density at radius 2 is 1.73 bits per heavy atom. The van der Waals surface area contributed by atoms with Crippen molar-refractivity contribution in [3.63, 3.8) is 0 Å². The lowest BCUT2D eigenvalue weighted by Crippen LogP contribution is -2.14. The number of nitrogens with zero attached hydrogens (tertiary/aromatic N) is 1. The van der Waals surface area contributed by atoms with Gasteiger partial charge < -0.3 is 15.4 Å². The Morgan fingerprint density at radius 3 is 2.31 bits per heavy atom. The minimum absolute atomic E-state index is 0.225. The molecule has 2 rings (SSSR count). The standard InChI is InChI=1S/C23H32N2O/c1-16(2)22-12-19(13-23(17(3)14-24)21(22)10-11-26)20-9-7-6-8-18(20)15-25(4)5/h6-9,11-13,16-17H,10,14-15,24H2,1-5H3. The first-order valence-electron chi connectivity index (χ1n) is 9.42. The molecule has 0 radical (unpaired) electrons. The fourth-order valence-corrected chi connectivity index (χ4v) is 3.55. The number of hydrogen-bond acceptors (Lipinski definition) is 3. The Bertz CT molecular complexity index is 750. The molecule has 140 valence electrons. The van der Waals surface area contributed by atoms with Gasteiger partial charge in [-0.3, -0.25) is 0 Å². The Labute approximate surface area is 158 Å². The molecular weight excluding hydrogens is 320 g/mol. The second-order valence-electron chi connectivity index (χ2n) is 7.69. The Hall–Kier alpha value is -1.97. The third-order valence-electron chi connectivity index (χ3n) is 4.93. The van der Waals surface area contributed by atoms with Crippen molar-refractivity contribution in [2.24, 2.45) is 5.73 Å². The molecule has 1 unspecified atom stereocenters. The lowest BCUT2D eigenvalue weighted by molar-refractivity contribution is -0.107. The quantitative estimate of drug-likeness (QED) is 0.719. The van der Waals surface area contributed by atoms with Crippen molar-refractivity contribution in [2.75, 3.05) is 20.6 Å². The van der Waals surface area contributed by atoms with Crippen molar-refractivity contribution in [1.82, 2.24) is 4.90 Å². The van der Waals surface area contributed by atoms with Gasteiger partial charge in [-0.15, -0.1) is 0 Å². The summed E-state index contributed by atoms with van der Waals surface area (Å²) >= 11 is 0. The number of carbonyl (C=O) groups is 1. The summed E-state index contributed by atoms with van der Waals surface area (Å²) in [4.78, 5) is 13.5. The van der Waals surface area contributed by atoms with E-state index in [1.807, 2.05) is 0 Å². The zero-order chi connectivity index (χ0) is 19.3. The molecular formula is C23H32N2O. The first-order valence-corrected chi connectivity index (χ1v) is 9.42. The van der Waals surface area contributed by atoms with Crippen LogP contribution in [0.2, 0.25) is 0 Å². The predicted octanol–water partition coefficient (Wildman–Crippen LogP) is 4.34. The molecule has 3 nitrogen and oxygen atoms in total. The number of hydrogen-bond donors (Lipinski definition) is 1. The summed E-state index contributed by atoms with van der Waals surface area (Å²) in [5.74, 6) is 0.582. The molecule has 0 heterocycles. The Kier molecular flexibility index (Phi) is 7.13. The van der Waals surface area contributed by atoms with E-state index in [1.54, 1.807) is 0 Å². The van der Waals surface area contributed by atoms with Gasteiger partial charge in [0.1, 0.15) is 6.29 Å². The maximum atomic E-state index is 11.3. The van der Waals surface area contributed by atoms with Crippen molar-refractivity contribution in [3.05, 3.63) is 58.7 Å². The lowest BCUT2D eigenvalue weighted by Gasteiger charge is -2.23. The zero-order valence-electron chi connectivity index (χ0n) is 16.8. The minimum Gasteiger partial charge on any atom is -0.330 e. The summed E-state index contributed by atoms with van der Waals surface area (Å²) in [5.41, 5.74) is 13.4. The van der Waals surface area contributed by atoms with E-state index < -0.39 is 0 Å². The summed E-state index contributed by atoms with van der Waals surface area (Å²) in [7, 11) is 4.18. The summed E-state index contributed by atoms with van der Waals surface area (Å²) in [6.07, 6.45) is 1.46. The maximum Gasteiger partial charge on any atom is 0.124 e. The SMILES string of the molecule is CC(C)c1cc(-c2ccccc2CN(C)C)cc(C(C)CN)c1CC=O. The molecule has 0 saturated heterocycles. The van der Waals surface area contributed by atoms with Gasteiger partial charge in [0.15, 0.2) is 0 Å². The van der Waals surface area contributed by atoms with Crippen molar-refractivity contribution in [2.45, 2.75) is 45.6 Å². The van der Waals surface area contributed by atoms with Gasteiger partial charge in [0.2, 0.25) is 0 Å². The normalized spacial score (nSPS) is 12.6. The van der Waals surface area contributed by atoms with Gasteiger partial charge in [0.25, 0.3) is 0 Å². The van der Waals surface area contributed by atoms with Crippen LogP contribution in [0.4, 0.5) is 0 Å². The van der Waals surface area contributed by atoms with Crippen LogP contribution >= 0.6 is 0 Å². The highest BCUT2D eigenvalue weighted by Crippen LogP contribution is 2.35. The molecule has 2 aromatic rings. The van der Waals surface area contributed by atoms with Crippen molar-refractivity contribution in [3.8, 4) is 11.1 Å². The molecule has 0 amide bonds. The number of carbonyl (C=O) groups excluding carboxylic acids is 1. The van der Waals surface area contributed by atoms with Crippen LogP contribution in [0.5, 0.6) is 0 Å². The van der Waals surface area contributed by atoms with E-state index in [1.165, 1.54) is 27.8 Å². The second kappa shape index (κ2) is 9.11. The third kappa shape index (κ3) is 4.60. The summed E-state index contributed by atoms with van der Waals surface area (Å²) in [6.45, 7) is 7.99. The maximum absolute atomic E-state index is 11.3. The van der Waals surface area contributed by atoms with Crippen molar-refractivity contribution >= 4 is 6.29 Å². The number of rotatable bonds is 8. The molecule has 0 aliphatic rings. The van der Waals surface area contributed by atoms with Gasteiger partial charge in [0, 0.05) is 13.0 Å². The zero-order valence-corrected chi connectivity index (χ0v) is 16.8. The molecule has 26 heavy (non-hydrogen) atoms. The van der Waals surface area contributed by atoms with Gasteiger partial charge in [-0.25, -0.2) is 0 Å². The average Bonchev–Trinajstić information content (AvgIpc) is 2.61. The fourth-order valence-electron chi connectivity index (χ4n) is 3.55. The van der Waals surface area contributed by atoms with Crippen LogP contribution in [0.15, 0.2) is 36.4 Å². The van der Waals surface area contributed by atoms with Crippen LogP contribution in [0.1, 0.15) is 54.9 Å². The van der Waals surface area contributed by atoms with Crippen LogP contribution in [-0.4, -0.2) is 31.8 Å². The minimum atomic E-state index is 0.225. The Morgan fingerprint density at radius 1 is 1.08 bits per heavy atom. The van der Waals surface area contributed by atoms with Crippen molar-refractivity contribution < 1.29 is 4.79 Å². The molecule has 0 aromatic heterocycles. The number of benzene rings is 2. The van der Waals surface area contributed by atoms with Crippen LogP contribution < -0.4 is 5.73 Å². The van der Waals surface area contributed by atoms with Gasteiger partial charge >= 0.3 is 0 Å². The van der Waals surface area contributed by atoms with E-state index in [2.05, 4.69) is 76.2 Å². The molecule has 3 heteroatoms. The van der Waals surface area contributed by atoms with Crippen LogP contribution in [0, 0.1) is 0 Å². The third-order valence-corrected chi connectivity index (χ3v) is 4.93. The number of nitrogens with two attached hydrogens (primary N) is 1. The predicted molar refractivity (Wildman–Crippen MR) is 111 cm³/mol. The second-order valence-corrected chi connectivity index (χ2v) is 7.69.